The van der Waals surface area contributed by atoms with Crippen LogP contribution in [0.4, 0.5) is 29.3 Å². The van der Waals surface area contributed by atoms with Gasteiger partial charge in [-0.2, -0.15) is 13.2 Å². The van der Waals surface area contributed by atoms with Gasteiger partial charge in [0.1, 0.15) is 0 Å². The highest BCUT2D eigenvalue weighted by molar-refractivity contribution is 6.33. The Kier molecular flexibility index (Phi) is 8.64. The van der Waals surface area contributed by atoms with Crippen LogP contribution in [0.15, 0.2) is 36.4 Å². The summed E-state index contributed by atoms with van der Waals surface area (Å²) in [6.07, 6.45) is -3.32. The molecular formula is C32H37ClF3N5O4. The Morgan fingerprint density at radius 1 is 1.04 bits per heavy atom. The quantitative estimate of drug-likeness (QED) is 0.431. The molecule has 242 valence electrons. The van der Waals surface area contributed by atoms with Gasteiger partial charge in [-0.05, 0) is 60.9 Å². The maximum atomic E-state index is 13.8. The van der Waals surface area contributed by atoms with E-state index in [4.69, 9.17) is 22.1 Å². The zero-order valence-corrected chi connectivity index (χ0v) is 25.6. The summed E-state index contributed by atoms with van der Waals surface area (Å²) in [5.74, 6) is 0.175. The second kappa shape index (κ2) is 12.4. The lowest BCUT2D eigenvalue weighted by atomic mass is 9.68. The molecule has 2 aromatic carbocycles. The van der Waals surface area contributed by atoms with Crippen molar-refractivity contribution in [3.63, 3.8) is 0 Å². The predicted molar refractivity (Wildman–Crippen MR) is 163 cm³/mol. The molecule has 1 aliphatic carbocycles. The normalized spacial score (nSPS) is 20.8. The number of halogens is 4. The summed E-state index contributed by atoms with van der Waals surface area (Å²) in [4.78, 5) is 45.3. The standard InChI is InChI=1S/C32H37ClF3N5O4/c33-24-16-21(15-23(28(24)37)32(34,35)36)17-26(29(43)40-13-11-39(12-14-40)19-20-5-6-20)45-30(44)41-9-7-31(8-10-41)18-27(42)38-25-4-2-1-3-22(25)31/h1-4,15-16,20,26H,5-14,17-19,37H2,(H,38,42)/t26-/m1/s1. The topological polar surface area (TPSA) is 108 Å². The van der Waals surface area contributed by atoms with E-state index >= 15 is 0 Å². The van der Waals surface area contributed by atoms with Gasteiger partial charge in [-0.15, -0.1) is 0 Å². The van der Waals surface area contributed by atoms with Crippen molar-refractivity contribution >= 4 is 40.9 Å². The molecule has 3 N–H and O–H groups in total. The van der Waals surface area contributed by atoms with Crippen molar-refractivity contribution in [1.82, 2.24) is 14.7 Å². The first-order chi connectivity index (χ1) is 21.4. The van der Waals surface area contributed by atoms with Gasteiger partial charge in [0.15, 0.2) is 6.10 Å². The Balaban J connectivity index is 1.18. The molecule has 0 radical (unpaired) electrons. The number of hydrogen-bond donors (Lipinski definition) is 2. The van der Waals surface area contributed by atoms with Gasteiger partial charge in [0.25, 0.3) is 5.91 Å². The molecule has 45 heavy (non-hydrogen) atoms. The van der Waals surface area contributed by atoms with Crippen molar-refractivity contribution in [3.8, 4) is 0 Å². The Morgan fingerprint density at radius 2 is 1.73 bits per heavy atom. The molecule has 2 saturated heterocycles. The minimum Gasteiger partial charge on any atom is -0.436 e. The summed E-state index contributed by atoms with van der Waals surface area (Å²) in [7, 11) is 0. The number of amides is 3. The number of piperidine rings is 1. The molecule has 1 saturated carbocycles. The molecule has 3 amide bonds. The molecular weight excluding hydrogens is 611 g/mol. The lowest BCUT2D eigenvalue weighted by molar-refractivity contribution is -0.142. The third-order valence-electron chi connectivity index (χ3n) is 9.58. The van der Waals surface area contributed by atoms with Gasteiger partial charge in [0, 0.05) is 69.8 Å². The van der Waals surface area contributed by atoms with E-state index in [1.165, 1.54) is 23.8 Å². The van der Waals surface area contributed by atoms with Crippen LogP contribution in [-0.4, -0.2) is 84.5 Å². The highest BCUT2D eigenvalue weighted by Crippen LogP contribution is 2.45. The maximum Gasteiger partial charge on any atom is 0.418 e. The van der Waals surface area contributed by atoms with Crippen LogP contribution in [0.25, 0.3) is 0 Å². The number of hydrogen-bond acceptors (Lipinski definition) is 6. The highest BCUT2D eigenvalue weighted by atomic mass is 35.5. The summed E-state index contributed by atoms with van der Waals surface area (Å²) < 4.78 is 47.0. The molecule has 1 atom stereocenters. The summed E-state index contributed by atoms with van der Waals surface area (Å²) >= 11 is 6.07. The molecule has 0 bridgehead atoms. The predicted octanol–water partition coefficient (Wildman–Crippen LogP) is 4.92. The van der Waals surface area contributed by atoms with Crippen LogP contribution in [0.5, 0.6) is 0 Å². The number of nitrogens with one attached hydrogen (secondary N) is 1. The zero-order valence-electron chi connectivity index (χ0n) is 24.9. The van der Waals surface area contributed by atoms with Crippen molar-refractivity contribution in [2.24, 2.45) is 5.92 Å². The first-order valence-corrected chi connectivity index (χ1v) is 15.8. The van der Waals surface area contributed by atoms with Crippen molar-refractivity contribution in [2.75, 3.05) is 56.9 Å². The van der Waals surface area contributed by atoms with Gasteiger partial charge in [0.05, 0.1) is 16.3 Å². The fourth-order valence-corrected chi connectivity index (χ4v) is 7.09. The number of anilines is 2. The van der Waals surface area contributed by atoms with Gasteiger partial charge < -0.3 is 25.6 Å². The van der Waals surface area contributed by atoms with Crippen LogP contribution >= 0.6 is 11.6 Å². The monoisotopic (exact) mass is 647 g/mol. The fourth-order valence-electron chi connectivity index (χ4n) is 6.85. The van der Waals surface area contributed by atoms with Crippen LogP contribution in [0.2, 0.25) is 5.02 Å². The van der Waals surface area contributed by atoms with E-state index in [1.54, 1.807) is 4.90 Å². The molecule has 13 heteroatoms. The SMILES string of the molecule is Nc1c(Cl)cc(C[C@@H](OC(=O)N2CCC3(CC2)CC(=O)Nc2ccccc23)C(=O)N2CCN(CC3CC3)CC2)cc1C(F)(F)F. The minimum atomic E-state index is -4.75. The van der Waals surface area contributed by atoms with Crippen LogP contribution in [0.1, 0.15) is 48.8 Å². The van der Waals surface area contributed by atoms with E-state index in [0.717, 1.165) is 23.9 Å². The van der Waals surface area contributed by atoms with Crippen LogP contribution in [0, 0.1) is 5.92 Å². The van der Waals surface area contributed by atoms with Crippen molar-refractivity contribution < 1.29 is 32.3 Å². The third-order valence-corrected chi connectivity index (χ3v) is 9.89. The first kappa shape index (κ1) is 31.5. The smallest absolute Gasteiger partial charge is 0.418 e. The first-order valence-electron chi connectivity index (χ1n) is 15.4. The number of fused-ring (bicyclic) bond motifs is 2. The zero-order chi connectivity index (χ0) is 31.9. The number of likely N-dealkylation sites (tertiary alicyclic amines) is 1. The number of carbonyl (C=O) groups is 3. The summed E-state index contributed by atoms with van der Waals surface area (Å²) in [6, 6.07) is 9.79. The van der Waals surface area contributed by atoms with Gasteiger partial charge in [-0.3, -0.25) is 14.5 Å². The molecule has 3 fully saturated rings. The molecule has 6 rings (SSSR count). The molecule has 0 unspecified atom stereocenters. The number of benzene rings is 2. The number of para-hydroxylation sites is 1. The maximum absolute atomic E-state index is 13.8. The molecule has 3 heterocycles. The third kappa shape index (κ3) is 6.86. The summed E-state index contributed by atoms with van der Waals surface area (Å²) in [6.45, 7) is 3.82. The highest BCUT2D eigenvalue weighted by Gasteiger charge is 2.44. The number of nitrogens with zero attached hydrogens (tertiary/aromatic N) is 3. The number of nitrogen functional groups attached to an aromatic ring is 1. The molecule has 3 aliphatic heterocycles. The second-order valence-electron chi connectivity index (χ2n) is 12.7. The lowest BCUT2D eigenvalue weighted by Crippen LogP contribution is -2.54. The second-order valence-corrected chi connectivity index (χ2v) is 13.1. The summed E-state index contributed by atoms with van der Waals surface area (Å²) in [5, 5.41) is 2.63. The number of piperazine rings is 1. The molecule has 0 aromatic heterocycles. The van der Waals surface area contributed by atoms with Crippen LogP contribution in [-0.2, 0) is 32.3 Å². The van der Waals surface area contributed by atoms with Gasteiger partial charge in [0.2, 0.25) is 5.91 Å². The number of ether oxygens (including phenoxy) is 1. The van der Waals surface area contributed by atoms with Gasteiger partial charge >= 0.3 is 12.3 Å². The molecule has 4 aliphatic rings. The largest absolute Gasteiger partial charge is 0.436 e. The van der Waals surface area contributed by atoms with Gasteiger partial charge in [-0.1, -0.05) is 29.8 Å². The van der Waals surface area contributed by atoms with Crippen LogP contribution in [0.3, 0.4) is 0 Å². The number of carbonyl (C=O) groups excluding carboxylic acids is 3. The molecule has 1 spiro atoms. The van der Waals surface area contributed by atoms with Crippen LogP contribution < -0.4 is 11.1 Å². The van der Waals surface area contributed by atoms with E-state index in [1.807, 2.05) is 24.3 Å². The van der Waals surface area contributed by atoms with E-state index in [-0.39, 0.29) is 22.9 Å². The average Bonchev–Trinajstić information content (AvgIpc) is 3.82. The Hall–Kier alpha value is -3.51. The Labute approximate surface area is 264 Å². The average molecular weight is 648 g/mol. The van der Waals surface area contributed by atoms with Crippen molar-refractivity contribution in [1.29, 1.82) is 0 Å². The fraction of sp³-hybridized carbons (Fsp3) is 0.531. The number of rotatable bonds is 6. The Morgan fingerprint density at radius 3 is 2.40 bits per heavy atom. The number of nitrogens with two attached hydrogens (primary N) is 1. The van der Waals surface area contributed by atoms with E-state index in [0.29, 0.717) is 64.4 Å². The van der Waals surface area contributed by atoms with Crippen molar-refractivity contribution in [3.05, 3.63) is 58.1 Å². The molecule has 9 nitrogen and oxygen atoms in total. The van der Waals surface area contributed by atoms with E-state index < -0.39 is 40.9 Å². The van der Waals surface area contributed by atoms with Gasteiger partial charge in [-0.25, -0.2) is 4.79 Å². The minimum absolute atomic E-state index is 0.0759. The molecule has 2 aromatic rings. The van der Waals surface area contributed by atoms with E-state index in [2.05, 4.69) is 10.2 Å². The van der Waals surface area contributed by atoms with E-state index in [9.17, 15) is 27.6 Å². The Bertz CT molecular complexity index is 1470. The number of alkyl halides is 3. The summed E-state index contributed by atoms with van der Waals surface area (Å²) in [5.41, 5.74) is 5.40. The lowest BCUT2D eigenvalue weighted by Gasteiger charge is -2.44. The van der Waals surface area contributed by atoms with Crippen molar-refractivity contribution in [2.45, 2.75) is 56.2 Å².